The van der Waals surface area contributed by atoms with Crippen LogP contribution in [0.1, 0.15) is 56.6 Å². The van der Waals surface area contributed by atoms with Crippen molar-refractivity contribution in [2.75, 3.05) is 13.2 Å². The van der Waals surface area contributed by atoms with Gasteiger partial charge in [-0.25, -0.2) is 13.6 Å². The fourth-order valence-electron chi connectivity index (χ4n) is 7.46. The summed E-state index contributed by atoms with van der Waals surface area (Å²) in [5, 5.41) is 11.2. The quantitative estimate of drug-likeness (QED) is 0.0742. The minimum atomic E-state index is -1.23. The van der Waals surface area contributed by atoms with Gasteiger partial charge in [0.25, 0.3) is 5.91 Å². The van der Waals surface area contributed by atoms with E-state index in [1.165, 1.54) is 6.07 Å². The van der Waals surface area contributed by atoms with E-state index in [0.717, 1.165) is 51.1 Å². The number of ether oxygens (including phenoxy) is 2. The maximum Gasteiger partial charge on any atom is 0.407 e. The summed E-state index contributed by atoms with van der Waals surface area (Å²) < 4.78 is 39.4. The van der Waals surface area contributed by atoms with Crippen LogP contribution in [0.3, 0.4) is 0 Å². The molecule has 4 amide bonds. The van der Waals surface area contributed by atoms with Gasteiger partial charge in [0.05, 0.1) is 6.61 Å². The number of rotatable bonds is 17. The molecule has 0 spiro atoms. The first-order valence-corrected chi connectivity index (χ1v) is 20.4. The summed E-state index contributed by atoms with van der Waals surface area (Å²) in [6.45, 7) is 2.83. The van der Waals surface area contributed by atoms with Crippen molar-refractivity contribution in [2.45, 2.75) is 50.9 Å². The van der Waals surface area contributed by atoms with Gasteiger partial charge in [0.2, 0.25) is 11.8 Å². The number of halogens is 2. The van der Waals surface area contributed by atoms with E-state index in [2.05, 4.69) is 45.5 Å². The van der Waals surface area contributed by atoms with E-state index in [0.29, 0.717) is 17.9 Å². The third-order valence-corrected chi connectivity index (χ3v) is 10.7. The molecule has 62 heavy (non-hydrogen) atoms. The molecule has 0 aliphatic heterocycles. The van der Waals surface area contributed by atoms with Crippen LogP contribution in [0.15, 0.2) is 146 Å². The number of carbonyl (C=O) groups excluding carboxylic acids is 4. The van der Waals surface area contributed by atoms with Gasteiger partial charge in [-0.3, -0.25) is 14.4 Å². The molecule has 12 heteroatoms. The van der Waals surface area contributed by atoms with Gasteiger partial charge in [0.15, 0.2) is 11.6 Å². The Morgan fingerprint density at radius 3 is 1.76 bits per heavy atom. The molecule has 10 nitrogen and oxygen atoms in total. The lowest BCUT2D eigenvalue weighted by molar-refractivity contribution is -0.130. The fourth-order valence-corrected chi connectivity index (χ4v) is 7.46. The summed E-state index contributed by atoms with van der Waals surface area (Å²) in [6.07, 6.45) is -0.630. The van der Waals surface area contributed by atoms with E-state index < -0.39 is 47.5 Å². The van der Waals surface area contributed by atoms with Crippen LogP contribution in [0, 0.1) is 11.6 Å². The second kappa shape index (κ2) is 20.3. The summed E-state index contributed by atoms with van der Waals surface area (Å²) >= 11 is 0. The number of hydrogen-bond donors (Lipinski definition) is 4. The second-order valence-corrected chi connectivity index (χ2v) is 14.9. The van der Waals surface area contributed by atoms with Crippen molar-refractivity contribution in [2.24, 2.45) is 0 Å². The molecule has 0 fully saturated rings. The van der Waals surface area contributed by atoms with E-state index in [1.807, 2.05) is 43.3 Å². The summed E-state index contributed by atoms with van der Waals surface area (Å²) in [5.41, 5.74) is 7.40. The predicted octanol–water partition coefficient (Wildman–Crippen LogP) is 7.79. The van der Waals surface area contributed by atoms with Crippen LogP contribution in [0.2, 0.25) is 0 Å². The first kappa shape index (κ1) is 42.8. The molecule has 6 aromatic rings. The number of benzene rings is 6. The summed E-state index contributed by atoms with van der Waals surface area (Å²) in [5.74, 6) is -3.28. The standard InChI is InChI=1S/C50H46F2N4O6/c1-2-61-37-23-20-32(21-24-37)27-46(55-47(57)36-10-4-3-5-11-36)49(59)56-45(28-35-22-25-43(51)44(52)26-35)48(58)53-29-33-16-18-34(19-17-33)30-54-50(60)62-31-42-40-14-8-6-12-38(40)39-13-7-9-15-41(39)42/h3-26,42,45-46H,2,27-31H2,1H3,(H,53,58)(H,54,60)(H,55,57)(H,56,59)/t45-,46+/m0/s1. The highest BCUT2D eigenvalue weighted by Crippen LogP contribution is 2.44. The van der Waals surface area contributed by atoms with E-state index in [1.54, 1.807) is 66.7 Å². The van der Waals surface area contributed by atoms with Crippen LogP contribution in [0.5, 0.6) is 5.75 Å². The third kappa shape index (κ3) is 10.9. The normalized spacial score (nSPS) is 12.6. The molecule has 2 atom stereocenters. The van der Waals surface area contributed by atoms with Crippen molar-refractivity contribution in [3.63, 3.8) is 0 Å². The van der Waals surface area contributed by atoms with Crippen LogP contribution >= 0.6 is 0 Å². The minimum absolute atomic E-state index is 0.0569. The zero-order chi connectivity index (χ0) is 43.4. The van der Waals surface area contributed by atoms with Gasteiger partial charge in [-0.15, -0.1) is 0 Å². The topological polar surface area (TPSA) is 135 Å². The number of amides is 4. The lowest BCUT2D eigenvalue weighted by Gasteiger charge is -2.24. The van der Waals surface area contributed by atoms with Crippen molar-refractivity contribution in [1.29, 1.82) is 0 Å². The maximum atomic E-state index is 14.3. The highest BCUT2D eigenvalue weighted by molar-refractivity contribution is 5.98. The first-order valence-electron chi connectivity index (χ1n) is 20.4. The zero-order valence-corrected chi connectivity index (χ0v) is 34.0. The highest BCUT2D eigenvalue weighted by atomic mass is 19.2. The molecule has 1 aliphatic rings. The van der Waals surface area contributed by atoms with Crippen LogP contribution in [0.25, 0.3) is 11.1 Å². The predicted molar refractivity (Wildman–Crippen MR) is 231 cm³/mol. The Morgan fingerprint density at radius 2 is 1.13 bits per heavy atom. The largest absolute Gasteiger partial charge is 0.494 e. The van der Waals surface area contributed by atoms with E-state index >= 15 is 0 Å². The number of carbonyl (C=O) groups is 4. The molecular formula is C50H46F2N4O6. The first-order chi connectivity index (χ1) is 30.1. The summed E-state index contributed by atoms with van der Waals surface area (Å²) in [6, 6.07) is 39.9. The SMILES string of the molecule is CCOc1ccc(C[C@@H](NC(=O)c2ccccc2)C(=O)N[C@@H](Cc2ccc(F)c(F)c2)C(=O)NCc2ccc(CNC(=O)OCC3c4ccccc4-c4ccccc43)cc2)cc1. The van der Waals surface area contributed by atoms with Crippen molar-refractivity contribution >= 4 is 23.8 Å². The van der Waals surface area contributed by atoms with Crippen molar-refractivity contribution in [3.8, 4) is 16.9 Å². The molecule has 0 radical (unpaired) electrons. The number of fused-ring (bicyclic) bond motifs is 3. The van der Waals surface area contributed by atoms with Crippen LogP contribution < -0.4 is 26.0 Å². The number of alkyl carbamates (subject to hydrolysis) is 1. The van der Waals surface area contributed by atoms with Gasteiger partial charge in [0, 0.05) is 37.4 Å². The van der Waals surface area contributed by atoms with Crippen LogP contribution in [0.4, 0.5) is 13.6 Å². The number of nitrogens with one attached hydrogen (secondary N) is 4. The molecule has 0 bridgehead atoms. The molecule has 4 N–H and O–H groups in total. The molecule has 0 unspecified atom stereocenters. The van der Waals surface area contributed by atoms with Crippen LogP contribution in [-0.4, -0.2) is 49.1 Å². The van der Waals surface area contributed by atoms with Gasteiger partial charge < -0.3 is 30.7 Å². The summed E-state index contributed by atoms with van der Waals surface area (Å²) in [7, 11) is 0. The van der Waals surface area contributed by atoms with E-state index in [-0.39, 0.29) is 44.0 Å². The lowest BCUT2D eigenvalue weighted by Crippen LogP contribution is -2.55. The molecule has 0 heterocycles. The Bertz CT molecular complexity index is 2470. The fraction of sp³-hybridized carbons (Fsp3) is 0.200. The molecule has 316 valence electrons. The van der Waals surface area contributed by atoms with Gasteiger partial charge in [-0.05, 0) is 87.8 Å². The Balaban J connectivity index is 0.976. The Hall–Kier alpha value is -7.34. The molecular weight excluding hydrogens is 791 g/mol. The van der Waals surface area contributed by atoms with Crippen LogP contribution in [-0.2, 0) is 40.3 Å². The van der Waals surface area contributed by atoms with Crippen molar-refractivity contribution in [3.05, 3.63) is 196 Å². The van der Waals surface area contributed by atoms with Crippen molar-refractivity contribution in [1.82, 2.24) is 21.3 Å². The highest BCUT2D eigenvalue weighted by Gasteiger charge is 2.30. The Labute approximate surface area is 358 Å². The monoisotopic (exact) mass is 836 g/mol. The lowest BCUT2D eigenvalue weighted by atomic mass is 9.98. The Kier molecular flexibility index (Phi) is 14.0. The molecule has 6 aromatic carbocycles. The van der Waals surface area contributed by atoms with Crippen molar-refractivity contribution < 1.29 is 37.4 Å². The van der Waals surface area contributed by atoms with Gasteiger partial charge in [0.1, 0.15) is 24.4 Å². The third-order valence-electron chi connectivity index (χ3n) is 10.7. The van der Waals surface area contributed by atoms with Gasteiger partial charge in [-0.2, -0.15) is 0 Å². The number of hydrogen-bond acceptors (Lipinski definition) is 6. The summed E-state index contributed by atoms with van der Waals surface area (Å²) in [4.78, 5) is 53.9. The molecule has 7 rings (SSSR count). The zero-order valence-electron chi connectivity index (χ0n) is 34.0. The molecule has 0 saturated carbocycles. The second-order valence-electron chi connectivity index (χ2n) is 14.9. The minimum Gasteiger partial charge on any atom is -0.494 e. The Morgan fingerprint density at radius 1 is 0.581 bits per heavy atom. The average Bonchev–Trinajstić information content (AvgIpc) is 3.62. The molecule has 1 aliphatic carbocycles. The maximum absolute atomic E-state index is 14.3. The van der Waals surface area contributed by atoms with Gasteiger partial charge in [-0.1, -0.05) is 109 Å². The van der Waals surface area contributed by atoms with E-state index in [9.17, 15) is 28.0 Å². The smallest absolute Gasteiger partial charge is 0.407 e. The van der Waals surface area contributed by atoms with Gasteiger partial charge >= 0.3 is 6.09 Å². The van der Waals surface area contributed by atoms with E-state index in [4.69, 9.17) is 9.47 Å². The molecule has 0 saturated heterocycles. The average molecular weight is 837 g/mol. The molecule has 0 aromatic heterocycles.